The van der Waals surface area contributed by atoms with Gasteiger partial charge in [-0.3, -0.25) is 0 Å². The van der Waals surface area contributed by atoms with E-state index < -0.39 is 10.0 Å². The van der Waals surface area contributed by atoms with Crippen LogP contribution in [-0.2, 0) is 16.4 Å². The smallest absolute Gasteiger partial charge is 0.207 e. The van der Waals surface area contributed by atoms with Gasteiger partial charge in [0.1, 0.15) is 0 Å². The fraction of sp³-hybridized carbons (Fsp3) is 0.600. The zero-order chi connectivity index (χ0) is 13.0. The van der Waals surface area contributed by atoms with Gasteiger partial charge in [0, 0.05) is 12.1 Å². The van der Waals surface area contributed by atoms with E-state index in [1.54, 1.807) is 6.07 Å². The van der Waals surface area contributed by atoms with Crippen molar-refractivity contribution in [1.29, 1.82) is 0 Å². The second-order valence-electron chi connectivity index (χ2n) is 6.15. The molecular weight excluding hydrogens is 258 g/mol. The number of rotatable bonds is 0. The Morgan fingerprint density at radius 3 is 2.79 bits per heavy atom. The highest BCUT2D eigenvalue weighted by Gasteiger charge is 2.50. The minimum absolute atomic E-state index is 0.216. The predicted molar refractivity (Wildman–Crippen MR) is 73.3 cm³/mol. The largest absolute Gasteiger partial charge is 0.243 e. The van der Waals surface area contributed by atoms with Gasteiger partial charge in [0.05, 0.1) is 4.90 Å². The third-order valence-corrected chi connectivity index (χ3v) is 7.19. The van der Waals surface area contributed by atoms with E-state index in [0.29, 0.717) is 10.8 Å². The second kappa shape index (κ2) is 4.06. The maximum Gasteiger partial charge on any atom is 0.243 e. The summed E-state index contributed by atoms with van der Waals surface area (Å²) in [6.45, 7) is 0. The van der Waals surface area contributed by atoms with E-state index in [2.05, 4.69) is 0 Å². The molecule has 0 bridgehead atoms. The van der Waals surface area contributed by atoms with Gasteiger partial charge in [0.15, 0.2) is 0 Å². The first-order valence-corrected chi connectivity index (χ1v) is 8.73. The fourth-order valence-electron chi connectivity index (χ4n) is 4.36. The average Bonchev–Trinajstić information content (AvgIpc) is 2.77. The number of benzene rings is 1. The lowest BCUT2D eigenvalue weighted by atomic mass is 9.84. The third-order valence-electron chi connectivity index (χ3n) is 5.11. The molecule has 102 valence electrons. The minimum Gasteiger partial charge on any atom is -0.207 e. The van der Waals surface area contributed by atoms with Crippen molar-refractivity contribution >= 4 is 10.0 Å². The second-order valence-corrected chi connectivity index (χ2v) is 7.96. The van der Waals surface area contributed by atoms with Crippen LogP contribution in [0.4, 0.5) is 0 Å². The van der Waals surface area contributed by atoms with Crippen LogP contribution >= 0.6 is 0 Å². The fourth-order valence-corrected chi connectivity index (χ4v) is 6.51. The van der Waals surface area contributed by atoms with Crippen molar-refractivity contribution in [2.24, 2.45) is 5.92 Å². The first-order chi connectivity index (χ1) is 9.18. The van der Waals surface area contributed by atoms with Crippen LogP contribution in [-0.4, -0.2) is 24.8 Å². The Morgan fingerprint density at radius 1 is 1.11 bits per heavy atom. The van der Waals surface area contributed by atoms with E-state index in [1.165, 1.54) is 19.3 Å². The van der Waals surface area contributed by atoms with Crippen LogP contribution in [0.15, 0.2) is 29.2 Å². The molecule has 0 N–H and O–H groups in total. The quantitative estimate of drug-likeness (QED) is 0.731. The Kier molecular flexibility index (Phi) is 2.55. The van der Waals surface area contributed by atoms with Crippen molar-refractivity contribution in [3.63, 3.8) is 0 Å². The molecule has 2 heterocycles. The Hall–Kier alpha value is -0.870. The van der Waals surface area contributed by atoms with Gasteiger partial charge < -0.3 is 0 Å². The molecule has 0 radical (unpaired) electrons. The monoisotopic (exact) mass is 277 g/mol. The zero-order valence-electron chi connectivity index (χ0n) is 11.0. The summed E-state index contributed by atoms with van der Waals surface area (Å²) in [6.07, 6.45) is 6.70. The van der Waals surface area contributed by atoms with Crippen LogP contribution in [0.1, 0.15) is 37.7 Å². The van der Waals surface area contributed by atoms with Crippen LogP contribution in [0.2, 0.25) is 0 Å². The third kappa shape index (κ3) is 1.62. The average molecular weight is 277 g/mol. The van der Waals surface area contributed by atoms with E-state index in [9.17, 15) is 8.42 Å². The van der Waals surface area contributed by atoms with Crippen LogP contribution in [0.5, 0.6) is 0 Å². The van der Waals surface area contributed by atoms with E-state index in [4.69, 9.17) is 0 Å². The molecule has 3 atom stereocenters. The topological polar surface area (TPSA) is 37.4 Å². The van der Waals surface area contributed by atoms with Crippen LogP contribution in [0.3, 0.4) is 0 Å². The van der Waals surface area contributed by atoms with E-state index in [-0.39, 0.29) is 12.1 Å². The summed E-state index contributed by atoms with van der Waals surface area (Å²) in [5.41, 5.74) is 1.02. The predicted octanol–water partition coefficient (Wildman–Crippen LogP) is 2.56. The highest BCUT2D eigenvalue weighted by molar-refractivity contribution is 7.89. The molecule has 0 spiro atoms. The molecule has 1 aliphatic carbocycles. The lowest BCUT2D eigenvalue weighted by Gasteiger charge is -2.36. The van der Waals surface area contributed by atoms with Crippen molar-refractivity contribution < 1.29 is 8.42 Å². The summed E-state index contributed by atoms with van der Waals surface area (Å²) in [5.74, 6) is 0.600. The lowest BCUT2D eigenvalue weighted by Crippen LogP contribution is -2.46. The molecule has 1 saturated carbocycles. The molecule has 0 aromatic heterocycles. The molecule has 0 amide bonds. The molecule has 1 unspecified atom stereocenters. The normalized spacial score (nSPS) is 36.3. The molecule has 3 nitrogen and oxygen atoms in total. The van der Waals surface area contributed by atoms with E-state index in [1.807, 2.05) is 22.5 Å². The van der Waals surface area contributed by atoms with Gasteiger partial charge in [-0.05, 0) is 43.2 Å². The minimum atomic E-state index is -3.26. The maximum atomic E-state index is 12.9. The summed E-state index contributed by atoms with van der Waals surface area (Å²) in [6, 6.07) is 8.03. The highest BCUT2D eigenvalue weighted by atomic mass is 32.2. The number of sulfonamides is 1. The Morgan fingerprint density at radius 2 is 1.89 bits per heavy atom. The number of hydrogen-bond donors (Lipinski definition) is 0. The van der Waals surface area contributed by atoms with Gasteiger partial charge in [-0.1, -0.05) is 31.0 Å². The van der Waals surface area contributed by atoms with Gasteiger partial charge >= 0.3 is 0 Å². The van der Waals surface area contributed by atoms with Gasteiger partial charge in [-0.15, -0.1) is 0 Å². The van der Waals surface area contributed by atoms with Crippen LogP contribution in [0.25, 0.3) is 0 Å². The zero-order valence-corrected chi connectivity index (χ0v) is 11.8. The molecule has 4 rings (SSSR count). The van der Waals surface area contributed by atoms with Crippen molar-refractivity contribution in [1.82, 2.24) is 4.31 Å². The Bertz CT molecular complexity index is 610. The van der Waals surface area contributed by atoms with Crippen LogP contribution in [0, 0.1) is 5.92 Å². The van der Waals surface area contributed by atoms with Gasteiger partial charge in [0.2, 0.25) is 10.0 Å². The first-order valence-electron chi connectivity index (χ1n) is 7.29. The van der Waals surface area contributed by atoms with Crippen LogP contribution < -0.4 is 0 Å². The summed E-state index contributed by atoms with van der Waals surface area (Å²) in [7, 11) is -3.26. The standard InChI is InChI=1S/C15H19NO2S/c17-19(18)15-8-4-2-6-12(15)10-13-9-11-5-1-3-7-14(11)16(13)19/h2,4,6,8,11,13-14H,1,3,5,7,9-10H2/t11-,13?,14-/m1/s1. The Balaban J connectivity index is 1.83. The maximum absolute atomic E-state index is 12.9. The molecule has 1 aromatic rings. The molecule has 4 heteroatoms. The molecule has 2 aliphatic heterocycles. The molecule has 1 aromatic carbocycles. The van der Waals surface area contributed by atoms with Gasteiger partial charge in [0.25, 0.3) is 0 Å². The molecule has 19 heavy (non-hydrogen) atoms. The molecular formula is C15H19NO2S. The van der Waals surface area contributed by atoms with Gasteiger partial charge in [-0.2, -0.15) is 4.31 Å². The number of hydrogen-bond acceptors (Lipinski definition) is 2. The lowest BCUT2D eigenvalue weighted by molar-refractivity contribution is 0.240. The Labute approximate surface area is 114 Å². The summed E-state index contributed by atoms with van der Waals surface area (Å²) >= 11 is 0. The summed E-state index contributed by atoms with van der Waals surface area (Å²) in [5, 5.41) is 0. The summed E-state index contributed by atoms with van der Waals surface area (Å²) < 4.78 is 27.6. The van der Waals surface area contributed by atoms with Crippen molar-refractivity contribution in [2.45, 2.75) is 55.5 Å². The number of nitrogens with zero attached hydrogens (tertiary/aromatic N) is 1. The first kappa shape index (κ1) is 11.9. The SMILES string of the molecule is O=S1(=O)c2ccccc2CC2C[C@H]3CCCC[C@H]3N21. The summed E-state index contributed by atoms with van der Waals surface area (Å²) in [4.78, 5) is 0.553. The molecule has 2 fully saturated rings. The van der Waals surface area contributed by atoms with E-state index >= 15 is 0 Å². The van der Waals surface area contributed by atoms with Crippen molar-refractivity contribution in [3.8, 4) is 0 Å². The van der Waals surface area contributed by atoms with E-state index in [0.717, 1.165) is 24.8 Å². The molecule has 1 saturated heterocycles. The number of fused-ring (bicyclic) bond motifs is 4. The van der Waals surface area contributed by atoms with Gasteiger partial charge in [-0.25, -0.2) is 8.42 Å². The van der Waals surface area contributed by atoms with Crippen molar-refractivity contribution in [3.05, 3.63) is 29.8 Å². The molecule has 3 aliphatic rings. The highest BCUT2D eigenvalue weighted by Crippen LogP contribution is 2.46. The van der Waals surface area contributed by atoms with Crippen molar-refractivity contribution in [2.75, 3.05) is 0 Å².